The topological polar surface area (TPSA) is 102 Å². The molecule has 0 aliphatic heterocycles. The number of hydrogen-bond acceptors (Lipinski definition) is 5. The molecule has 1 rings (SSSR count). The van der Waals surface area contributed by atoms with E-state index in [-0.39, 0.29) is 30.2 Å². The molecular formula is C9H9N3O3. The summed E-state index contributed by atoms with van der Waals surface area (Å²) in [5.41, 5.74) is 5.37. The molecule has 0 saturated heterocycles. The van der Waals surface area contributed by atoms with E-state index in [9.17, 15) is 10.1 Å². The second kappa shape index (κ2) is 4.93. The fraction of sp³-hybridized carbons (Fsp3) is 0.222. The van der Waals surface area contributed by atoms with Gasteiger partial charge in [0, 0.05) is 12.6 Å². The molecule has 0 unspecified atom stereocenters. The summed E-state index contributed by atoms with van der Waals surface area (Å²) in [5.74, 6) is 0.192. The Morgan fingerprint density at radius 1 is 1.60 bits per heavy atom. The maximum Gasteiger partial charge on any atom is 0.273 e. The van der Waals surface area contributed by atoms with Crippen molar-refractivity contribution in [1.82, 2.24) is 0 Å². The van der Waals surface area contributed by atoms with E-state index < -0.39 is 4.92 Å². The van der Waals surface area contributed by atoms with Crippen molar-refractivity contribution in [1.29, 1.82) is 5.26 Å². The Labute approximate surface area is 86.0 Å². The Hall–Kier alpha value is -2.13. The SMILES string of the molecule is N#Cc1ccc([N+](=O)[O-])cc1OCCN. The molecule has 78 valence electrons. The summed E-state index contributed by atoms with van der Waals surface area (Å²) in [6.07, 6.45) is 0. The lowest BCUT2D eigenvalue weighted by Crippen LogP contribution is -2.11. The number of nitro benzene ring substituents is 1. The highest BCUT2D eigenvalue weighted by molar-refractivity contribution is 5.49. The quantitative estimate of drug-likeness (QED) is 0.581. The van der Waals surface area contributed by atoms with Crippen molar-refractivity contribution in [3.63, 3.8) is 0 Å². The molecular weight excluding hydrogens is 198 g/mol. The van der Waals surface area contributed by atoms with Gasteiger partial charge in [0.25, 0.3) is 5.69 Å². The van der Waals surface area contributed by atoms with E-state index in [2.05, 4.69) is 0 Å². The van der Waals surface area contributed by atoms with E-state index in [1.807, 2.05) is 6.07 Å². The molecule has 0 aliphatic rings. The first-order valence-corrected chi connectivity index (χ1v) is 4.20. The van der Waals surface area contributed by atoms with Crippen LogP contribution in [0.5, 0.6) is 5.75 Å². The Morgan fingerprint density at radius 2 is 2.33 bits per heavy atom. The lowest BCUT2D eigenvalue weighted by Gasteiger charge is -2.05. The van der Waals surface area contributed by atoms with Crippen LogP contribution >= 0.6 is 0 Å². The standard InChI is InChI=1S/C9H9N3O3/c10-3-4-15-9-5-8(12(13)14)2-1-7(9)6-11/h1-2,5H,3-4,10H2. The summed E-state index contributed by atoms with van der Waals surface area (Å²) in [6.45, 7) is 0.503. The van der Waals surface area contributed by atoms with Crippen LogP contribution < -0.4 is 10.5 Å². The molecule has 0 aliphatic carbocycles. The molecule has 1 aromatic carbocycles. The number of hydrogen-bond donors (Lipinski definition) is 1. The molecule has 0 heterocycles. The largest absolute Gasteiger partial charge is 0.491 e. The van der Waals surface area contributed by atoms with Crippen LogP contribution in [0, 0.1) is 21.4 Å². The molecule has 0 radical (unpaired) electrons. The predicted octanol–water partition coefficient (Wildman–Crippen LogP) is 0.804. The summed E-state index contributed by atoms with van der Waals surface area (Å²) in [4.78, 5) is 9.92. The minimum Gasteiger partial charge on any atom is -0.491 e. The van der Waals surface area contributed by atoms with E-state index >= 15 is 0 Å². The fourth-order valence-electron chi connectivity index (χ4n) is 1.01. The van der Waals surface area contributed by atoms with Crippen LogP contribution in [0.1, 0.15) is 5.56 Å². The number of nitrogens with two attached hydrogens (primary N) is 1. The molecule has 6 nitrogen and oxygen atoms in total. The number of ether oxygens (including phenoxy) is 1. The fourth-order valence-corrected chi connectivity index (χ4v) is 1.01. The first kappa shape index (κ1) is 10.9. The lowest BCUT2D eigenvalue weighted by molar-refractivity contribution is -0.384. The van der Waals surface area contributed by atoms with Gasteiger partial charge in [-0.1, -0.05) is 0 Å². The monoisotopic (exact) mass is 207 g/mol. The molecule has 0 spiro atoms. The average molecular weight is 207 g/mol. The van der Waals surface area contributed by atoms with Gasteiger partial charge in [0.2, 0.25) is 0 Å². The first-order chi connectivity index (χ1) is 7.19. The molecule has 0 fully saturated rings. The Morgan fingerprint density at radius 3 is 2.87 bits per heavy atom. The number of non-ortho nitro benzene ring substituents is 1. The second-order valence-corrected chi connectivity index (χ2v) is 2.69. The summed E-state index contributed by atoms with van der Waals surface area (Å²) in [5, 5.41) is 19.2. The van der Waals surface area contributed by atoms with Crippen LogP contribution in [-0.4, -0.2) is 18.1 Å². The van der Waals surface area contributed by atoms with Crippen molar-refractivity contribution >= 4 is 5.69 Å². The van der Waals surface area contributed by atoms with E-state index in [4.69, 9.17) is 15.7 Å². The minimum absolute atomic E-state index is 0.110. The summed E-state index contributed by atoms with van der Waals surface area (Å²) in [6, 6.07) is 5.71. The highest BCUT2D eigenvalue weighted by Crippen LogP contribution is 2.23. The molecule has 0 bridgehead atoms. The van der Waals surface area contributed by atoms with E-state index in [0.717, 1.165) is 0 Å². The van der Waals surface area contributed by atoms with Gasteiger partial charge >= 0.3 is 0 Å². The molecule has 0 amide bonds. The average Bonchev–Trinajstić information content (AvgIpc) is 2.25. The van der Waals surface area contributed by atoms with E-state index in [0.29, 0.717) is 0 Å². The maximum absolute atomic E-state index is 10.5. The highest BCUT2D eigenvalue weighted by atomic mass is 16.6. The van der Waals surface area contributed by atoms with Crippen molar-refractivity contribution in [2.75, 3.05) is 13.2 Å². The summed E-state index contributed by atoms with van der Waals surface area (Å²) in [7, 11) is 0. The van der Waals surface area contributed by atoms with E-state index in [1.54, 1.807) is 0 Å². The molecule has 0 atom stereocenters. The molecule has 0 aromatic heterocycles. The van der Waals surface area contributed by atoms with Crippen molar-refractivity contribution in [2.24, 2.45) is 5.73 Å². The smallest absolute Gasteiger partial charge is 0.273 e. The van der Waals surface area contributed by atoms with Crippen molar-refractivity contribution in [2.45, 2.75) is 0 Å². The van der Waals surface area contributed by atoms with Crippen LogP contribution in [0.25, 0.3) is 0 Å². The number of rotatable bonds is 4. The number of nitrogens with zero attached hydrogens (tertiary/aromatic N) is 2. The van der Waals surface area contributed by atoms with E-state index in [1.165, 1.54) is 18.2 Å². The van der Waals surface area contributed by atoms with Crippen LogP contribution in [-0.2, 0) is 0 Å². The van der Waals surface area contributed by atoms with Crippen LogP contribution in [0.15, 0.2) is 18.2 Å². The zero-order valence-corrected chi connectivity index (χ0v) is 7.84. The molecule has 15 heavy (non-hydrogen) atoms. The van der Waals surface area contributed by atoms with Crippen LogP contribution in [0.4, 0.5) is 5.69 Å². The minimum atomic E-state index is -0.545. The zero-order valence-electron chi connectivity index (χ0n) is 7.84. The van der Waals surface area contributed by atoms with Gasteiger partial charge in [-0.3, -0.25) is 10.1 Å². The molecule has 2 N–H and O–H groups in total. The van der Waals surface area contributed by atoms with Crippen molar-refractivity contribution in [3.8, 4) is 11.8 Å². The van der Waals surface area contributed by atoms with Gasteiger partial charge in [0.05, 0.1) is 16.6 Å². The van der Waals surface area contributed by atoms with Gasteiger partial charge in [0.15, 0.2) is 0 Å². The highest BCUT2D eigenvalue weighted by Gasteiger charge is 2.11. The van der Waals surface area contributed by atoms with Gasteiger partial charge in [-0.25, -0.2) is 0 Å². The Balaban J connectivity index is 3.03. The van der Waals surface area contributed by atoms with Crippen LogP contribution in [0.3, 0.4) is 0 Å². The number of nitro groups is 1. The van der Waals surface area contributed by atoms with Gasteiger partial charge in [-0.05, 0) is 6.07 Å². The van der Waals surface area contributed by atoms with Gasteiger partial charge < -0.3 is 10.5 Å². The molecule has 0 saturated carbocycles. The molecule has 6 heteroatoms. The maximum atomic E-state index is 10.5. The van der Waals surface area contributed by atoms with Gasteiger partial charge in [-0.2, -0.15) is 5.26 Å². The van der Waals surface area contributed by atoms with Crippen molar-refractivity contribution < 1.29 is 9.66 Å². The Kier molecular flexibility index (Phi) is 3.60. The lowest BCUT2D eigenvalue weighted by atomic mass is 10.2. The zero-order chi connectivity index (χ0) is 11.3. The number of benzene rings is 1. The number of nitriles is 1. The third-order valence-electron chi connectivity index (χ3n) is 1.67. The van der Waals surface area contributed by atoms with Gasteiger partial charge in [0.1, 0.15) is 18.4 Å². The third-order valence-corrected chi connectivity index (χ3v) is 1.67. The summed E-state index contributed by atoms with van der Waals surface area (Å²) >= 11 is 0. The van der Waals surface area contributed by atoms with Crippen LogP contribution in [0.2, 0.25) is 0 Å². The second-order valence-electron chi connectivity index (χ2n) is 2.69. The van der Waals surface area contributed by atoms with Gasteiger partial charge in [-0.15, -0.1) is 0 Å². The third kappa shape index (κ3) is 2.65. The summed E-state index contributed by atoms with van der Waals surface area (Å²) < 4.78 is 5.12. The molecule has 1 aromatic rings. The van der Waals surface area contributed by atoms with Crippen molar-refractivity contribution in [3.05, 3.63) is 33.9 Å². The first-order valence-electron chi connectivity index (χ1n) is 4.20. The Bertz CT molecular complexity index is 412. The normalized spacial score (nSPS) is 9.33. The predicted molar refractivity (Wildman–Crippen MR) is 52.4 cm³/mol.